The Morgan fingerprint density at radius 1 is 1.16 bits per heavy atom. The molecule has 0 heterocycles. The van der Waals surface area contributed by atoms with Gasteiger partial charge >= 0.3 is 5.97 Å². The molecule has 0 radical (unpaired) electrons. The maximum absolute atomic E-state index is 13.9. The molecule has 0 aromatic heterocycles. The number of ether oxygens (including phenoxy) is 1. The van der Waals surface area contributed by atoms with E-state index in [-0.39, 0.29) is 34.7 Å². The molecular formula is C27H42O4. The molecule has 4 aliphatic rings. The van der Waals surface area contributed by atoms with Gasteiger partial charge in [0.15, 0.2) is 5.78 Å². The highest BCUT2D eigenvalue weighted by atomic mass is 16.5. The first-order chi connectivity index (χ1) is 14.7. The Labute approximate surface area is 188 Å². The van der Waals surface area contributed by atoms with E-state index in [1.165, 1.54) is 20.0 Å². The maximum Gasteiger partial charge on any atom is 0.305 e. The molecule has 5 unspecified atom stereocenters. The van der Waals surface area contributed by atoms with Crippen molar-refractivity contribution in [3.63, 3.8) is 0 Å². The second-order valence-electron chi connectivity index (χ2n) is 11.7. The molecule has 4 aliphatic carbocycles. The molecule has 9 atom stereocenters. The summed E-state index contributed by atoms with van der Waals surface area (Å²) in [4.78, 5) is 25.6. The number of rotatable bonds is 4. The molecule has 4 heteroatoms. The van der Waals surface area contributed by atoms with E-state index in [1.807, 2.05) is 6.92 Å². The van der Waals surface area contributed by atoms with Crippen LogP contribution in [0.4, 0.5) is 0 Å². The minimum atomic E-state index is -0.266. The third-order valence-electron chi connectivity index (χ3n) is 10.5. The summed E-state index contributed by atoms with van der Waals surface area (Å²) < 4.78 is 4.87. The van der Waals surface area contributed by atoms with Crippen molar-refractivity contribution in [2.24, 2.45) is 46.3 Å². The summed E-state index contributed by atoms with van der Waals surface area (Å²) in [5.74, 6) is 2.57. The van der Waals surface area contributed by atoms with Gasteiger partial charge in [0.05, 0.1) is 13.2 Å². The summed E-state index contributed by atoms with van der Waals surface area (Å²) in [5.41, 5.74) is 1.33. The Morgan fingerprint density at radius 3 is 2.52 bits per heavy atom. The Balaban J connectivity index is 1.61. The predicted molar refractivity (Wildman–Crippen MR) is 121 cm³/mol. The van der Waals surface area contributed by atoms with E-state index in [0.717, 1.165) is 44.1 Å². The van der Waals surface area contributed by atoms with Gasteiger partial charge in [-0.15, -0.1) is 0 Å². The van der Waals surface area contributed by atoms with Crippen LogP contribution in [0.25, 0.3) is 0 Å². The lowest BCUT2D eigenvalue weighted by molar-refractivity contribution is -0.150. The molecule has 1 N–H and O–H groups in total. The van der Waals surface area contributed by atoms with Crippen LogP contribution in [0.1, 0.15) is 85.5 Å². The number of carbonyl (C=O) groups excluding carboxylic acids is 2. The topological polar surface area (TPSA) is 63.6 Å². The van der Waals surface area contributed by atoms with Crippen LogP contribution in [0.15, 0.2) is 11.6 Å². The molecule has 4 saturated carbocycles. The van der Waals surface area contributed by atoms with Gasteiger partial charge in [-0.3, -0.25) is 9.59 Å². The van der Waals surface area contributed by atoms with E-state index in [1.54, 1.807) is 0 Å². The Kier molecular flexibility index (Phi) is 6.17. The molecule has 0 spiro atoms. The molecule has 4 rings (SSSR count). The predicted octanol–water partition coefficient (Wildman–Crippen LogP) is 5.33. The van der Waals surface area contributed by atoms with Crippen LogP contribution in [0.3, 0.4) is 0 Å². The summed E-state index contributed by atoms with van der Waals surface area (Å²) in [6, 6.07) is 0. The van der Waals surface area contributed by atoms with E-state index < -0.39 is 0 Å². The summed E-state index contributed by atoms with van der Waals surface area (Å²) in [6.07, 6.45) is 10.4. The van der Waals surface area contributed by atoms with Crippen LogP contribution in [-0.4, -0.2) is 30.1 Å². The van der Waals surface area contributed by atoms with Crippen molar-refractivity contribution in [1.29, 1.82) is 0 Å². The molecular weight excluding hydrogens is 388 g/mol. The van der Waals surface area contributed by atoms with Crippen molar-refractivity contribution in [2.75, 3.05) is 7.11 Å². The number of carbonyl (C=O) groups is 2. The van der Waals surface area contributed by atoms with Gasteiger partial charge in [-0.1, -0.05) is 26.8 Å². The quantitative estimate of drug-likeness (QED) is 0.484. The van der Waals surface area contributed by atoms with E-state index in [4.69, 9.17) is 4.74 Å². The van der Waals surface area contributed by atoms with E-state index >= 15 is 0 Å². The fraction of sp³-hybridized carbons (Fsp3) is 0.852. The monoisotopic (exact) mass is 430 g/mol. The number of ketones is 1. The second kappa shape index (κ2) is 8.32. The van der Waals surface area contributed by atoms with E-state index in [9.17, 15) is 14.7 Å². The smallest absolute Gasteiger partial charge is 0.305 e. The van der Waals surface area contributed by atoms with Crippen molar-refractivity contribution in [3.8, 4) is 0 Å². The van der Waals surface area contributed by atoms with Crippen molar-refractivity contribution < 1.29 is 19.4 Å². The van der Waals surface area contributed by atoms with Crippen molar-refractivity contribution in [3.05, 3.63) is 11.6 Å². The summed E-state index contributed by atoms with van der Waals surface area (Å²) in [7, 11) is 1.47. The number of Topliss-reactive ketones (excluding diaryl/α,β-unsaturated/α-hetero) is 1. The van der Waals surface area contributed by atoms with Crippen LogP contribution in [0, 0.1) is 46.3 Å². The SMILES string of the molecule is C/C=C1\C(=O)C2C(CC[C@@]3(C)C2CCC3[C@H](C)CCC(=O)OC)[C@@]2(C)CC[C@@H](O)CC12. The van der Waals surface area contributed by atoms with Gasteiger partial charge in [-0.2, -0.15) is 0 Å². The van der Waals surface area contributed by atoms with Crippen LogP contribution >= 0.6 is 0 Å². The highest BCUT2D eigenvalue weighted by molar-refractivity contribution is 5.99. The van der Waals surface area contributed by atoms with Crippen LogP contribution in [0.5, 0.6) is 0 Å². The van der Waals surface area contributed by atoms with Crippen LogP contribution < -0.4 is 0 Å². The lowest BCUT2D eigenvalue weighted by atomic mass is 9.43. The summed E-state index contributed by atoms with van der Waals surface area (Å²) >= 11 is 0. The number of hydrogen-bond donors (Lipinski definition) is 1. The Hall–Kier alpha value is -1.16. The zero-order valence-electron chi connectivity index (χ0n) is 20.2. The number of esters is 1. The molecule has 0 bridgehead atoms. The van der Waals surface area contributed by atoms with Gasteiger partial charge in [0.2, 0.25) is 0 Å². The number of fused-ring (bicyclic) bond motifs is 5. The molecule has 0 aliphatic heterocycles. The molecule has 31 heavy (non-hydrogen) atoms. The first-order valence-electron chi connectivity index (χ1n) is 12.6. The first-order valence-corrected chi connectivity index (χ1v) is 12.6. The van der Waals surface area contributed by atoms with Crippen molar-refractivity contribution in [1.82, 2.24) is 0 Å². The summed E-state index contributed by atoms with van der Waals surface area (Å²) in [6.45, 7) is 9.18. The zero-order chi connectivity index (χ0) is 22.6. The number of aliphatic hydroxyl groups excluding tert-OH is 1. The van der Waals surface area contributed by atoms with E-state index in [0.29, 0.717) is 35.9 Å². The standard InChI is InChI=1S/C27H42O4/c1-6-18-22-15-17(28)11-13-27(22,4)21-12-14-26(3)19(16(2)7-10-23(29)31-5)8-9-20(26)24(21)25(18)30/h6,16-17,19-22,24,28H,7-15H2,1-5H3/b18-6-/t16-,17-,19?,20?,21?,22?,24?,26-,27-/m1/s1. The third-order valence-corrected chi connectivity index (χ3v) is 10.5. The highest BCUT2D eigenvalue weighted by Gasteiger charge is 2.64. The molecule has 0 amide bonds. The van der Waals surface area contributed by atoms with Gasteiger partial charge < -0.3 is 9.84 Å². The number of hydrogen-bond acceptors (Lipinski definition) is 4. The molecule has 0 saturated heterocycles. The fourth-order valence-electron chi connectivity index (χ4n) is 8.81. The maximum atomic E-state index is 13.9. The van der Waals surface area contributed by atoms with Crippen molar-refractivity contribution in [2.45, 2.75) is 91.6 Å². The minimum Gasteiger partial charge on any atom is -0.469 e. The average Bonchev–Trinajstić information content (AvgIpc) is 3.10. The molecule has 174 valence electrons. The Morgan fingerprint density at radius 2 is 1.84 bits per heavy atom. The fourth-order valence-corrected chi connectivity index (χ4v) is 8.81. The third kappa shape index (κ3) is 3.52. The van der Waals surface area contributed by atoms with Crippen LogP contribution in [-0.2, 0) is 14.3 Å². The van der Waals surface area contributed by atoms with Gasteiger partial charge in [0.25, 0.3) is 0 Å². The lowest BCUT2D eigenvalue weighted by Gasteiger charge is -2.61. The second-order valence-corrected chi connectivity index (χ2v) is 11.7. The molecule has 0 aromatic carbocycles. The molecule has 0 aromatic rings. The number of methoxy groups -OCH3 is 1. The minimum absolute atomic E-state index is 0.117. The van der Waals surface area contributed by atoms with Gasteiger partial charge in [0.1, 0.15) is 0 Å². The van der Waals surface area contributed by atoms with Gasteiger partial charge in [-0.05, 0) is 104 Å². The lowest BCUT2D eigenvalue weighted by Crippen LogP contribution is -2.58. The van der Waals surface area contributed by atoms with Crippen LogP contribution in [0.2, 0.25) is 0 Å². The molecule has 4 nitrogen and oxygen atoms in total. The zero-order valence-corrected chi connectivity index (χ0v) is 20.2. The number of allylic oxidation sites excluding steroid dienone is 2. The average molecular weight is 431 g/mol. The van der Waals surface area contributed by atoms with Gasteiger partial charge in [0, 0.05) is 12.3 Å². The van der Waals surface area contributed by atoms with Crippen molar-refractivity contribution >= 4 is 11.8 Å². The number of aliphatic hydroxyl groups is 1. The largest absolute Gasteiger partial charge is 0.469 e. The summed E-state index contributed by atoms with van der Waals surface area (Å²) in [5, 5.41) is 10.4. The Bertz CT molecular complexity index is 756. The molecule has 4 fully saturated rings. The van der Waals surface area contributed by atoms with Gasteiger partial charge in [-0.25, -0.2) is 0 Å². The normalized spacial score (nSPS) is 46.8. The van der Waals surface area contributed by atoms with E-state index in [2.05, 4.69) is 26.8 Å². The highest BCUT2D eigenvalue weighted by Crippen LogP contribution is 2.68. The first kappa shape index (κ1) is 23.0.